The fraction of sp³-hybridized carbons (Fsp3) is 0.417. The fourth-order valence-corrected chi connectivity index (χ4v) is 1.23. The number of rotatable bonds is 7. The molecule has 1 amide bonds. The maximum atomic E-state index is 11.3. The van der Waals surface area contributed by atoms with Crippen LogP contribution in [0.25, 0.3) is 0 Å². The Hall–Kier alpha value is -1.75. The van der Waals surface area contributed by atoms with Crippen molar-refractivity contribution in [1.82, 2.24) is 5.32 Å². The molecule has 4 N–H and O–H groups in total. The van der Waals surface area contributed by atoms with E-state index in [1.807, 2.05) is 0 Å². The van der Waals surface area contributed by atoms with E-state index in [-0.39, 0.29) is 19.1 Å². The summed E-state index contributed by atoms with van der Waals surface area (Å²) in [5.41, 5.74) is 6.18. The maximum absolute atomic E-state index is 11.3. The first-order valence-corrected chi connectivity index (χ1v) is 5.58. The van der Waals surface area contributed by atoms with E-state index in [0.29, 0.717) is 24.4 Å². The molecule has 0 atom stereocenters. The second-order valence-corrected chi connectivity index (χ2v) is 3.64. The van der Waals surface area contributed by atoms with Gasteiger partial charge in [0.1, 0.15) is 5.75 Å². The molecule has 17 heavy (non-hydrogen) atoms. The predicted molar refractivity (Wildman–Crippen MR) is 65.7 cm³/mol. The van der Waals surface area contributed by atoms with Crippen molar-refractivity contribution in [2.45, 2.75) is 12.8 Å². The van der Waals surface area contributed by atoms with Gasteiger partial charge in [-0.3, -0.25) is 4.79 Å². The number of carbonyl (C=O) groups is 1. The summed E-state index contributed by atoms with van der Waals surface area (Å²) in [4.78, 5) is 11.3. The van der Waals surface area contributed by atoms with Gasteiger partial charge in [0.2, 0.25) is 0 Å². The van der Waals surface area contributed by atoms with Crippen LogP contribution in [0, 0.1) is 0 Å². The quantitative estimate of drug-likeness (QED) is 0.478. The molecule has 0 aromatic heterocycles. The molecule has 5 heteroatoms. The van der Waals surface area contributed by atoms with E-state index >= 15 is 0 Å². The average molecular weight is 238 g/mol. The molecule has 1 aromatic rings. The molecule has 0 aliphatic heterocycles. The molecule has 0 saturated heterocycles. The highest BCUT2D eigenvalue weighted by Crippen LogP contribution is 2.12. The van der Waals surface area contributed by atoms with Crippen molar-refractivity contribution >= 4 is 11.6 Å². The summed E-state index contributed by atoms with van der Waals surface area (Å²) in [6, 6.07) is 6.87. The number of carbonyl (C=O) groups excluding carboxylic acids is 1. The van der Waals surface area contributed by atoms with E-state index in [1.54, 1.807) is 24.3 Å². The molecule has 0 spiro atoms. The first-order chi connectivity index (χ1) is 8.22. The molecule has 0 unspecified atom stereocenters. The highest BCUT2D eigenvalue weighted by atomic mass is 16.5. The van der Waals surface area contributed by atoms with Crippen LogP contribution in [0.5, 0.6) is 5.75 Å². The number of aliphatic hydroxyl groups excluding tert-OH is 1. The molecule has 5 nitrogen and oxygen atoms in total. The van der Waals surface area contributed by atoms with E-state index in [0.717, 1.165) is 6.42 Å². The SMILES string of the molecule is Nc1ccc(OCC(=O)NCCCCO)cc1. The van der Waals surface area contributed by atoms with Gasteiger partial charge in [-0.15, -0.1) is 0 Å². The highest BCUT2D eigenvalue weighted by molar-refractivity contribution is 5.77. The third-order valence-corrected chi connectivity index (χ3v) is 2.16. The Morgan fingerprint density at radius 2 is 2.00 bits per heavy atom. The molecule has 1 rings (SSSR count). The van der Waals surface area contributed by atoms with Crippen LogP contribution in [-0.2, 0) is 4.79 Å². The van der Waals surface area contributed by atoms with Crippen molar-refractivity contribution in [3.8, 4) is 5.75 Å². The van der Waals surface area contributed by atoms with E-state index in [4.69, 9.17) is 15.6 Å². The summed E-state index contributed by atoms with van der Waals surface area (Å²) >= 11 is 0. The lowest BCUT2D eigenvalue weighted by Crippen LogP contribution is -2.29. The lowest BCUT2D eigenvalue weighted by Gasteiger charge is -2.07. The smallest absolute Gasteiger partial charge is 0.257 e. The summed E-state index contributed by atoms with van der Waals surface area (Å²) in [6.45, 7) is 0.700. The Morgan fingerprint density at radius 1 is 1.29 bits per heavy atom. The molecule has 0 radical (unpaired) electrons. The third kappa shape index (κ3) is 5.77. The van der Waals surface area contributed by atoms with Crippen LogP contribution in [0.15, 0.2) is 24.3 Å². The number of nitrogen functional groups attached to an aromatic ring is 1. The van der Waals surface area contributed by atoms with Crippen molar-refractivity contribution in [1.29, 1.82) is 0 Å². The minimum atomic E-state index is -0.167. The minimum absolute atomic E-state index is 0.0109. The molecule has 0 aliphatic rings. The van der Waals surface area contributed by atoms with Gasteiger partial charge in [0, 0.05) is 18.8 Å². The number of benzene rings is 1. The molecule has 0 fully saturated rings. The van der Waals surface area contributed by atoms with Gasteiger partial charge >= 0.3 is 0 Å². The van der Waals surface area contributed by atoms with Gasteiger partial charge in [0.15, 0.2) is 6.61 Å². The van der Waals surface area contributed by atoms with Crippen LogP contribution >= 0.6 is 0 Å². The van der Waals surface area contributed by atoms with E-state index < -0.39 is 0 Å². The van der Waals surface area contributed by atoms with Crippen molar-refractivity contribution < 1.29 is 14.6 Å². The highest BCUT2D eigenvalue weighted by Gasteiger charge is 2.01. The largest absolute Gasteiger partial charge is 0.484 e. The molecule has 0 saturated carbocycles. The number of hydrogen-bond acceptors (Lipinski definition) is 4. The number of anilines is 1. The standard InChI is InChI=1S/C12H18N2O3/c13-10-3-5-11(6-4-10)17-9-12(16)14-7-1-2-8-15/h3-6,15H,1-2,7-9,13H2,(H,14,16). The summed E-state index contributed by atoms with van der Waals surface area (Å²) in [6.07, 6.45) is 1.46. The van der Waals surface area contributed by atoms with E-state index in [2.05, 4.69) is 5.32 Å². The zero-order valence-electron chi connectivity index (χ0n) is 9.69. The second-order valence-electron chi connectivity index (χ2n) is 3.64. The van der Waals surface area contributed by atoms with Gasteiger partial charge in [-0.25, -0.2) is 0 Å². The monoisotopic (exact) mass is 238 g/mol. The number of aliphatic hydroxyl groups is 1. The van der Waals surface area contributed by atoms with Crippen LogP contribution < -0.4 is 15.8 Å². The average Bonchev–Trinajstić information content (AvgIpc) is 2.34. The molecular weight excluding hydrogens is 220 g/mol. The summed E-state index contributed by atoms with van der Waals surface area (Å²) in [5.74, 6) is 0.449. The van der Waals surface area contributed by atoms with Gasteiger partial charge in [0.25, 0.3) is 5.91 Å². The number of ether oxygens (including phenoxy) is 1. The van der Waals surface area contributed by atoms with Crippen LogP contribution in [0.2, 0.25) is 0 Å². The van der Waals surface area contributed by atoms with Gasteiger partial charge in [0.05, 0.1) is 0 Å². The Bertz CT molecular complexity index is 338. The summed E-state index contributed by atoms with van der Waals surface area (Å²) < 4.78 is 5.26. The van der Waals surface area contributed by atoms with Gasteiger partial charge < -0.3 is 20.9 Å². The lowest BCUT2D eigenvalue weighted by molar-refractivity contribution is -0.123. The van der Waals surface area contributed by atoms with E-state index in [1.165, 1.54) is 0 Å². The van der Waals surface area contributed by atoms with Crippen molar-refractivity contribution in [3.63, 3.8) is 0 Å². The first kappa shape index (κ1) is 13.3. The van der Waals surface area contributed by atoms with Crippen molar-refractivity contribution in [2.24, 2.45) is 0 Å². The van der Waals surface area contributed by atoms with Gasteiger partial charge in [-0.1, -0.05) is 0 Å². The number of nitrogens with two attached hydrogens (primary N) is 1. The second kappa shape index (κ2) is 7.51. The number of unbranched alkanes of at least 4 members (excludes halogenated alkanes) is 1. The summed E-state index contributed by atoms with van der Waals surface area (Å²) in [7, 11) is 0. The molecule has 0 bridgehead atoms. The topological polar surface area (TPSA) is 84.6 Å². The Balaban J connectivity index is 2.17. The fourth-order valence-electron chi connectivity index (χ4n) is 1.23. The summed E-state index contributed by atoms with van der Waals surface area (Å²) in [5, 5.41) is 11.3. The normalized spacial score (nSPS) is 9.94. The molecule has 0 aliphatic carbocycles. The molecule has 0 heterocycles. The maximum Gasteiger partial charge on any atom is 0.257 e. The Kier molecular flexibility index (Phi) is 5.88. The Morgan fingerprint density at radius 3 is 2.65 bits per heavy atom. The first-order valence-electron chi connectivity index (χ1n) is 5.58. The zero-order chi connectivity index (χ0) is 12.5. The minimum Gasteiger partial charge on any atom is -0.484 e. The van der Waals surface area contributed by atoms with Gasteiger partial charge in [-0.2, -0.15) is 0 Å². The van der Waals surface area contributed by atoms with Crippen LogP contribution in [0.3, 0.4) is 0 Å². The predicted octanol–water partition coefficient (Wildman–Crippen LogP) is 0.536. The molecule has 1 aromatic carbocycles. The van der Waals surface area contributed by atoms with Crippen LogP contribution in [0.1, 0.15) is 12.8 Å². The third-order valence-electron chi connectivity index (χ3n) is 2.16. The number of hydrogen-bond donors (Lipinski definition) is 3. The Labute approximate surface area is 101 Å². The van der Waals surface area contributed by atoms with Crippen molar-refractivity contribution in [3.05, 3.63) is 24.3 Å². The van der Waals surface area contributed by atoms with Crippen LogP contribution in [0.4, 0.5) is 5.69 Å². The lowest BCUT2D eigenvalue weighted by atomic mass is 10.3. The van der Waals surface area contributed by atoms with Crippen LogP contribution in [-0.4, -0.2) is 30.8 Å². The van der Waals surface area contributed by atoms with Crippen molar-refractivity contribution in [2.75, 3.05) is 25.5 Å². The van der Waals surface area contributed by atoms with Gasteiger partial charge in [-0.05, 0) is 37.1 Å². The van der Waals surface area contributed by atoms with E-state index in [9.17, 15) is 4.79 Å². The molecule has 94 valence electrons. The number of amides is 1. The zero-order valence-corrected chi connectivity index (χ0v) is 9.69. The number of nitrogens with one attached hydrogen (secondary N) is 1. The molecular formula is C12H18N2O3.